The molecule has 0 nitrogen and oxygen atoms in total. The van der Waals surface area contributed by atoms with Gasteiger partial charge in [-0.15, -0.1) is 0 Å². The number of hydrogen-bond acceptors (Lipinski definition) is 0. The Labute approximate surface area is 117 Å². The topological polar surface area (TPSA) is 0 Å². The van der Waals surface area contributed by atoms with E-state index in [0.29, 0.717) is 4.83 Å². The monoisotopic (exact) mass is 300 g/mol. The van der Waals surface area contributed by atoms with Crippen molar-refractivity contribution in [2.75, 3.05) is 0 Å². The fourth-order valence-corrected chi connectivity index (χ4v) is 4.48. The Morgan fingerprint density at radius 3 is 2.83 bits per heavy atom. The number of fused-ring (bicyclic) bond motifs is 2. The zero-order valence-corrected chi connectivity index (χ0v) is 12.1. The second-order valence-electron chi connectivity index (χ2n) is 5.66. The largest absolute Gasteiger partial charge is 0.0839 e. The van der Waals surface area contributed by atoms with E-state index in [1.807, 2.05) is 0 Å². The van der Waals surface area contributed by atoms with E-state index in [4.69, 9.17) is 0 Å². The molecule has 0 aromatic heterocycles. The summed E-state index contributed by atoms with van der Waals surface area (Å²) in [6.07, 6.45) is 7.72. The molecule has 92 valence electrons. The minimum Gasteiger partial charge on any atom is -0.0839 e. The van der Waals surface area contributed by atoms with Gasteiger partial charge < -0.3 is 0 Å². The van der Waals surface area contributed by atoms with Crippen molar-refractivity contribution in [1.82, 2.24) is 0 Å². The maximum Gasteiger partial charge on any atom is 0.0398 e. The summed E-state index contributed by atoms with van der Waals surface area (Å²) in [6.45, 7) is 0. The van der Waals surface area contributed by atoms with Crippen molar-refractivity contribution in [3.05, 3.63) is 46.5 Å². The quantitative estimate of drug-likeness (QED) is 0.469. The van der Waals surface area contributed by atoms with Gasteiger partial charge >= 0.3 is 0 Å². The summed E-state index contributed by atoms with van der Waals surface area (Å²) in [5, 5.41) is 3.13. The van der Waals surface area contributed by atoms with Crippen LogP contribution in [0.25, 0.3) is 10.8 Å². The molecule has 0 spiro atoms. The number of benzene rings is 2. The molecule has 0 saturated heterocycles. The third kappa shape index (κ3) is 1.50. The Bertz CT molecular complexity index is 627. The molecular weight excluding hydrogens is 284 g/mol. The fourth-order valence-electron chi connectivity index (χ4n) is 3.75. The first kappa shape index (κ1) is 11.0. The van der Waals surface area contributed by atoms with Gasteiger partial charge in [-0.25, -0.2) is 0 Å². The molecule has 0 radical (unpaired) electrons. The third-order valence-corrected chi connectivity index (χ3v) is 5.56. The van der Waals surface area contributed by atoms with Crippen LogP contribution in [0.2, 0.25) is 0 Å². The molecule has 2 aliphatic rings. The van der Waals surface area contributed by atoms with E-state index < -0.39 is 0 Å². The van der Waals surface area contributed by atoms with E-state index in [9.17, 15) is 0 Å². The molecule has 2 aliphatic carbocycles. The minimum atomic E-state index is 0.569. The maximum atomic E-state index is 3.90. The lowest BCUT2D eigenvalue weighted by molar-refractivity contribution is 0.709. The first-order chi connectivity index (χ1) is 8.84. The molecule has 2 aromatic carbocycles. The molecule has 4 rings (SSSR count). The van der Waals surface area contributed by atoms with Crippen LogP contribution in [0.4, 0.5) is 0 Å². The average Bonchev–Trinajstić information content (AvgIpc) is 2.71. The van der Waals surface area contributed by atoms with Crippen molar-refractivity contribution < 1.29 is 0 Å². The van der Waals surface area contributed by atoms with Crippen LogP contribution in [0.1, 0.15) is 46.3 Å². The molecule has 0 aliphatic heterocycles. The fraction of sp³-hybridized carbons (Fsp3) is 0.412. The van der Waals surface area contributed by atoms with E-state index in [-0.39, 0.29) is 0 Å². The average molecular weight is 301 g/mol. The highest BCUT2D eigenvalue weighted by Gasteiger charge is 2.23. The third-order valence-electron chi connectivity index (χ3n) is 4.61. The number of alkyl halides is 1. The number of hydrogen-bond donors (Lipinski definition) is 0. The molecular formula is C17H17Br. The highest BCUT2D eigenvalue weighted by Crippen LogP contribution is 2.42. The summed E-state index contributed by atoms with van der Waals surface area (Å²) in [5.74, 6) is 0. The van der Waals surface area contributed by atoms with E-state index >= 15 is 0 Å². The summed E-state index contributed by atoms with van der Waals surface area (Å²) < 4.78 is 0. The Balaban J connectivity index is 2.09. The van der Waals surface area contributed by atoms with Gasteiger partial charge in [0.05, 0.1) is 0 Å². The number of halogens is 1. The Morgan fingerprint density at radius 1 is 1.00 bits per heavy atom. The molecule has 1 heteroatoms. The van der Waals surface area contributed by atoms with Gasteiger partial charge in [-0.1, -0.05) is 46.6 Å². The molecule has 0 fully saturated rings. The van der Waals surface area contributed by atoms with Crippen LogP contribution in [0.3, 0.4) is 0 Å². The van der Waals surface area contributed by atoms with Crippen molar-refractivity contribution in [3.8, 4) is 0 Å². The summed E-state index contributed by atoms with van der Waals surface area (Å²) in [4.78, 5) is 0.569. The Morgan fingerprint density at radius 2 is 1.89 bits per heavy atom. The summed E-state index contributed by atoms with van der Waals surface area (Å²) in [7, 11) is 0. The molecule has 1 unspecified atom stereocenters. The van der Waals surface area contributed by atoms with E-state index in [1.165, 1.54) is 38.5 Å². The van der Waals surface area contributed by atoms with Gasteiger partial charge in [0, 0.05) is 4.83 Å². The zero-order chi connectivity index (χ0) is 12.1. The Kier molecular flexibility index (Phi) is 2.51. The maximum absolute atomic E-state index is 3.90. The lowest BCUT2D eigenvalue weighted by Gasteiger charge is -2.15. The van der Waals surface area contributed by atoms with Crippen LogP contribution in [0.15, 0.2) is 24.3 Å². The van der Waals surface area contributed by atoms with Gasteiger partial charge in [-0.2, -0.15) is 0 Å². The molecule has 18 heavy (non-hydrogen) atoms. The van der Waals surface area contributed by atoms with E-state index in [0.717, 1.165) is 0 Å². The van der Waals surface area contributed by atoms with Crippen LogP contribution in [0.5, 0.6) is 0 Å². The molecule has 1 atom stereocenters. The summed E-state index contributed by atoms with van der Waals surface area (Å²) >= 11 is 3.90. The molecule has 0 saturated carbocycles. The molecule has 0 bridgehead atoms. The van der Waals surface area contributed by atoms with Crippen LogP contribution in [-0.4, -0.2) is 0 Å². The highest BCUT2D eigenvalue weighted by atomic mass is 79.9. The van der Waals surface area contributed by atoms with Gasteiger partial charge in [0.1, 0.15) is 0 Å². The molecule has 0 heterocycles. The highest BCUT2D eigenvalue weighted by molar-refractivity contribution is 9.09. The lowest BCUT2D eigenvalue weighted by Crippen LogP contribution is -1.97. The minimum absolute atomic E-state index is 0.569. The first-order valence-electron chi connectivity index (χ1n) is 7.05. The van der Waals surface area contributed by atoms with Crippen molar-refractivity contribution >= 4 is 26.7 Å². The van der Waals surface area contributed by atoms with Gasteiger partial charge in [0.2, 0.25) is 0 Å². The number of aryl methyl sites for hydroxylation is 3. The van der Waals surface area contributed by atoms with Crippen molar-refractivity contribution in [3.63, 3.8) is 0 Å². The normalized spacial score (nSPS) is 21.9. The van der Waals surface area contributed by atoms with Gasteiger partial charge in [0.25, 0.3) is 0 Å². The second-order valence-corrected chi connectivity index (χ2v) is 6.76. The molecule has 2 aromatic rings. The predicted molar refractivity (Wildman–Crippen MR) is 80.6 cm³/mol. The van der Waals surface area contributed by atoms with Crippen molar-refractivity contribution in [2.45, 2.75) is 43.4 Å². The van der Waals surface area contributed by atoms with Crippen LogP contribution in [-0.2, 0) is 19.3 Å². The van der Waals surface area contributed by atoms with Crippen molar-refractivity contribution in [1.29, 1.82) is 0 Å². The van der Waals surface area contributed by atoms with Gasteiger partial charge in [0.15, 0.2) is 0 Å². The summed E-state index contributed by atoms with van der Waals surface area (Å²) in [5.41, 5.74) is 6.36. The molecule has 0 amide bonds. The lowest BCUT2D eigenvalue weighted by atomic mass is 9.92. The summed E-state index contributed by atoms with van der Waals surface area (Å²) in [6, 6.07) is 9.41. The van der Waals surface area contributed by atoms with Crippen molar-refractivity contribution in [2.24, 2.45) is 0 Å². The number of rotatable bonds is 0. The van der Waals surface area contributed by atoms with Crippen LogP contribution >= 0.6 is 15.9 Å². The first-order valence-corrected chi connectivity index (χ1v) is 7.96. The second kappa shape index (κ2) is 4.09. The zero-order valence-electron chi connectivity index (χ0n) is 10.5. The molecule has 0 N–H and O–H groups in total. The SMILES string of the molecule is BrC1CCCCc2c1cc1c3c(cccc23)CC1. The van der Waals surface area contributed by atoms with Crippen LogP contribution in [0, 0.1) is 0 Å². The predicted octanol–water partition coefficient (Wildman–Crippen LogP) is 5.10. The standard InChI is InChI=1S/C17H17Br/c18-16-7-2-1-5-13-14-6-3-4-11-8-9-12(17(11)14)10-15(13)16/h3-4,6,10,16H,1-2,5,7-9H2. The van der Waals surface area contributed by atoms with Crippen LogP contribution < -0.4 is 0 Å². The Hall–Kier alpha value is -0.820. The van der Waals surface area contributed by atoms with E-state index in [1.54, 1.807) is 33.0 Å². The smallest absolute Gasteiger partial charge is 0.0398 e. The van der Waals surface area contributed by atoms with Gasteiger partial charge in [-0.05, 0) is 65.1 Å². The van der Waals surface area contributed by atoms with E-state index in [2.05, 4.69) is 40.2 Å². The van der Waals surface area contributed by atoms with Gasteiger partial charge in [-0.3, -0.25) is 0 Å².